The van der Waals surface area contributed by atoms with Gasteiger partial charge >= 0.3 is 0 Å². The van der Waals surface area contributed by atoms with Crippen LogP contribution in [0.25, 0.3) is 6.08 Å². The first-order valence-corrected chi connectivity index (χ1v) is 11.4. The molecule has 0 N–H and O–H groups in total. The van der Waals surface area contributed by atoms with Crippen molar-refractivity contribution in [1.29, 1.82) is 0 Å². The number of nitrogens with zero attached hydrogens (tertiary/aromatic N) is 2. The SMILES string of the molecule is O=C(CN1C(=O)S/C(=C/c2ccccc2OCCOc2ccccc2)C1=O)N1CCCC1. The quantitative estimate of drug-likeness (QED) is 0.448. The molecule has 0 spiro atoms. The molecule has 7 nitrogen and oxygen atoms in total. The predicted octanol–water partition coefficient (Wildman–Crippen LogP) is 3.80. The summed E-state index contributed by atoms with van der Waals surface area (Å²) in [4.78, 5) is 40.5. The lowest BCUT2D eigenvalue weighted by Gasteiger charge is -2.18. The third-order valence-corrected chi connectivity index (χ3v) is 6.09. The summed E-state index contributed by atoms with van der Waals surface area (Å²) >= 11 is 0.843. The maximum atomic E-state index is 12.8. The highest BCUT2D eigenvalue weighted by molar-refractivity contribution is 8.18. The maximum absolute atomic E-state index is 12.8. The van der Waals surface area contributed by atoms with Gasteiger partial charge < -0.3 is 14.4 Å². The molecule has 32 heavy (non-hydrogen) atoms. The van der Waals surface area contributed by atoms with Crippen LogP contribution in [-0.4, -0.2) is 59.7 Å². The Labute approximate surface area is 191 Å². The first kappa shape index (κ1) is 22.0. The molecule has 2 aliphatic heterocycles. The lowest BCUT2D eigenvalue weighted by molar-refractivity contribution is -0.135. The molecule has 0 radical (unpaired) electrons. The second-order valence-corrected chi connectivity index (χ2v) is 8.40. The second kappa shape index (κ2) is 10.4. The number of ether oxygens (including phenoxy) is 2. The van der Waals surface area contributed by atoms with Crippen molar-refractivity contribution in [2.45, 2.75) is 12.8 Å². The van der Waals surface area contributed by atoms with Crippen LogP contribution in [-0.2, 0) is 9.59 Å². The number of imide groups is 1. The van der Waals surface area contributed by atoms with Gasteiger partial charge in [0.25, 0.3) is 11.1 Å². The second-order valence-electron chi connectivity index (χ2n) is 7.40. The molecule has 0 unspecified atom stereocenters. The zero-order valence-corrected chi connectivity index (χ0v) is 18.4. The van der Waals surface area contributed by atoms with E-state index in [-0.39, 0.29) is 17.4 Å². The molecule has 166 valence electrons. The molecule has 2 aliphatic rings. The van der Waals surface area contributed by atoms with Crippen LogP contribution in [0, 0.1) is 0 Å². The molecule has 3 amide bonds. The van der Waals surface area contributed by atoms with Crippen molar-refractivity contribution in [3.8, 4) is 11.5 Å². The summed E-state index contributed by atoms with van der Waals surface area (Å²) in [6, 6.07) is 16.8. The number of thioether (sulfide) groups is 1. The van der Waals surface area contributed by atoms with Gasteiger partial charge in [0, 0.05) is 18.7 Å². The standard InChI is InChI=1S/C24H24N2O5S/c27-22(25-12-6-7-13-25)17-26-23(28)21(32-24(26)29)16-18-8-4-5-11-20(18)31-15-14-30-19-9-2-1-3-10-19/h1-5,8-11,16H,6-7,12-15,17H2/b21-16+. The van der Waals surface area contributed by atoms with E-state index >= 15 is 0 Å². The lowest BCUT2D eigenvalue weighted by atomic mass is 10.2. The molecule has 4 rings (SSSR count). The molecular weight excluding hydrogens is 428 g/mol. The van der Waals surface area contributed by atoms with E-state index in [1.807, 2.05) is 48.5 Å². The molecule has 8 heteroatoms. The van der Waals surface area contributed by atoms with Gasteiger partial charge in [-0.15, -0.1) is 0 Å². The first-order valence-electron chi connectivity index (χ1n) is 10.5. The Morgan fingerprint density at radius 2 is 1.62 bits per heavy atom. The highest BCUT2D eigenvalue weighted by Crippen LogP contribution is 2.34. The van der Waals surface area contributed by atoms with Crippen LogP contribution < -0.4 is 9.47 Å². The molecule has 0 atom stereocenters. The Balaban J connectivity index is 1.38. The number of para-hydroxylation sites is 2. The van der Waals surface area contributed by atoms with Crippen molar-refractivity contribution in [3.63, 3.8) is 0 Å². The Hall–Kier alpha value is -3.26. The third-order valence-electron chi connectivity index (χ3n) is 5.18. The molecule has 2 aromatic carbocycles. The Morgan fingerprint density at radius 3 is 2.41 bits per heavy atom. The molecule has 2 heterocycles. The summed E-state index contributed by atoms with van der Waals surface area (Å²) in [5.74, 6) is 0.716. The Kier molecular flexibility index (Phi) is 7.11. The van der Waals surface area contributed by atoms with Crippen LogP contribution in [0.2, 0.25) is 0 Å². The molecule has 0 aromatic heterocycles. The number of hydrogen-bond acceptors (Lipinski definition) is 6. The number of benzene rings is 2. The van der Waals surface area contributed by atoms with Gasteiger partial charge in [-0.3, -0.25) is 19.3 Å². The van der Waals surface area contributed by atoms with E-state index in [1.165, 1.54) is 0 Å². The van der Waals surface area contributed by atoms with Gasteiger partial charge in [-0.2, -0.15) is 0 Å². The summed E-state index contributed by atoms with van der Waals surface area (Å²) in [7, 11) is 0. The van der Waals surface area contributed by atoms with Crippen LogP contribution in [0.15, 0.2) is 59.5 Å². The van der Waals surface area contributed by atoms with Crippen LogP contribution in [0.4, 0.5) is 4.79 Å². The van der Waals surface area contributed by atoms with E-state index in [1.54, 1.807) is 17.0 Å². The van der Waals surface area contributed by atoms with Crippen molar-refractivity contribution < 1.29 is 23.9 Å². The van der Waals surface area contributed by atoms with Gasteiger partial charge in [-0.1, -0.05) is 36.4 Å². The van der Waals surface area contributed by atoms with E-state index in [0.717, 1.165) is 35.3 Å². The van der Waals surface area contributed by atoms with Crippen molar-refractivity contribution in [1.82, 2.24) is 9.80 Å². The fourth-order valence-electron chi connectivity index (χ4n) is 3.54. The summed E-state index contributed by atoms with van der Waals surface area (Å²) in [5.41, 5.74) is 0.684. The van der Waals surface area contributed by atoms with Gasteiger partial charge in [0.2, 0.25) is 5.91 Å². The minimum Gasteiger partial charge on any atom is -0.490 e. The molecule has 0 saturated carbocycles. The van der Waals surface area contributed by atoms with Crippen molar-refractivity contribution in [2.24, 2.45) is 0 Å². The molecular formula is C24H24N2O5S. The van der Waals surface area contributed by atoms with E-state index in [0.29, 0.717) is 37.6 Å². The number of carbonyl (C=O) groups excluding carboxylic acids is 3. The monoisotopic (exact) mass is 452 g/mol. The van der Waals surface area contributed by atoms with Gasteiger partial charge in [-0.05, 0) is 48.9 Å². The molecule has 2 saturated heterocycles. The topological polar surface area (TPSA) is 76.1 Å². The first-order chi connectivity index (χ1) is 15.6. The van der Waals surface area contributed by atoms with Crippen LogP contribution in [0.3, 0.4) is 0 Å². The van der Waals surface area contributed by atoms with E-state index < -0.39 is 11.1 Å². The van der Waals surface area contributed by atoms with Crippen LogP contribution in [0.1, 0.15) is 18.4 Å². The number of hydrogen-bond donors (Lipinski definition) is 0. The fourth-order valence-corrected chi connectivity index (χ4v) is 4.37. The maximum Gasteiger partial charge on any atom is 0.294 e. The normalized spacial score (nSPS) is 17.3. The number of rotatable bonds is 8. The minimum atomic E-state index is -0.449. The Morgan fingerprint density at radius 1 is 0.938 bits per heavy atom. The molecule has 2 fully saturated rings. The zero-order valence-electron chi connectivity index (χ0n) is 17.6. The summed E-state index contributed by atoms with van der Waals surface area (Å²) in [6.45, 7) is 1.85. The highest BCUT2D eigenvalue weighted by Gasteiger charge is 2.37. The molecule has 0 bridgehead atoms. The third kappa shape index (κ3) is 5.31. The fraction of sp³-hybridized carbons (Fsp3) is 0.292. The zero-order chi connectivity index (χ0) is 22.3. The van der Waals surface area contributed by atoms with Gasteiger partial charge in [0.1, 0.15) is 31.3 Å². The number of amides is 3. The van der Waals surface area contributed by atoms with E-state index in [4.69, 9.17) is 9.47 Å². The highest BCUT2D eigenvalue weighted by atomic mass is 32.2. The average molecular weight is 453 g/mol. The van der Waals surface area contributed by atoms with Crippen LogP contribution in [0.5, 0.6) is 11.5 Å². The van der Waals surface area contributed by atoms with E-state index in [2.05, 4.69) is 0 Å². The smallest absolute Gasteiger partial charge is 0.294 e. The number of likely N-dealkylation sites (tertiary alicyclic amines) is 1. The van der Waals surface area contributed by atoms with E-state index in [9.17, 15) is 14.4 Å². The van der Waals surface area contributed by atoms with Crippen molar-refractivity contribution in [3.05, 3.63) is 65.1 Å². The van der Waals surface area contributed by atoms with Gasteiger partial charge in [0.05, 0.1) is 4.91 Å². The minimum absolute atomic E-state index is 0.187. The summed E-state index contributed by atoms with van der Waals surface area (Å²) in [6.07, 6.45) is 3.56. The van der Waals surface area contributed by atoms with Crippen LogP contribution >= 0.6 is 11.8 Å². The largest absolute Gasteiger partial charge is 0.490 e. The van der Waals surface area contributed by atoms with Crippen molar-refractivity contribution >= 4 is 34.9 Å². The Bertz CT molecular complexity index is 1020. The predicted molar refractivity (Wildman–Crippen MR) is 122 cm³/mol. The summed E-state index contributed by atoms with van der Waals surface area (Å²) < 4.78 is 11.5. The van der Waals surface area contributed by atoms with Gasteiger partial charge in [-0.25, -0.2) is 0 Å². The molecule has 0 aliphatic carbocycles. The van der Waals surface area contributed by atoms with Crippen molar-refractivity contribution in [2.75, 3.05) is 32.8 Å². The van der Waals surface area contributed by atoms with Gasteiger partial charge in [0.15, 0.2) is 0 Å². The summed E-state index contributed by atoms with van der Waals surface area (Å²) in [5, 5.41) is -0.427. The molecule has 2 aromatic rings. The lowest BCUT2D eigenvalue weighted by Crippen LogP contribution is -2.40. The number of carbonyl (C=O) groups is 3. The average Bonchev–Trinajstić information content (AvgIpc) is 3.43.